The van der Waals surface area contributed by atoms with Gasteiger partial charge in [-0.2, -0.15) is 11.8 Å². The molecule has 1 atom stereocenters. The minimum absolute atomic E-state index is 0. The highest BCUT2D eigenvalue weighted by atomic mass is 127. The molecule has 0 saturated carbocycles. The van der Waals surface area contributed by atoms with Crippen LogP contribution in [0.3, 0.4) is 0 Å². The number of hydrogen-bond donors (Lipinski definition) is 2. The van der Waals surface area contributed by atoms with E-state index in [9.17, 15) is 0 Å². The van der Waals surface area contributed by atoms with Crippen LogP contribution in [-0.2, 0) is 4.74 Å². The summed E-state index contributed by atoms with van der Waals surface area (Å²) in [4.78, 5) is 6.91. The third kappa shape index (κ3) is 11.0. The highest BCUT2D eigenvalue weighted by Gasteiger charge is 2.22. The smallest absolute Gasteiger partial charge is 0.191 e. The molecule has 0 aromatic rings. The topological polar surface area (TPSA) is 48.9 Å². The molecule has 2 N–H and O–H groups in total. The zero-order valence-corrected chi connectivity index (χ0v) is 19.0. The number of morpholine rings is 1. The maximum atomic E-state index is 5.49. The maximum Gasteiger partial charge on any atom is 0.191 e. The lowest BCUT2D eigenvalue weighted by molar-refractivity contribution is 0.0132. The van der Waals surface area contributed by atoms with Crippen LogP contribution in [0.2, 0.25) is 0 Å². The minimum Gasteiger partial charge on any atom is -0.379 e. The lowest BCUT2D eigenvalue weighted by Crippen LogP contribution is -2.51. The Morgan fingerprint density at radius 2 is 1.92 bits per heavy atom. The zero-order chi connectivity index (χ0) is 16.9. The van der Waals surface area contributed by atoms with E-state index < -0.39 is 0 Å². The fourth-order valence-corrected chi connectivity index (χ4v) is 3.35. The molecule has 1 heterocycles. The van der Waals surface area contributed by atoms with Crippen LogP contribution < -0.4 is 10.6 Å². The molecule has 1 saturated heterocycles. The van der Waals surface area contributed by atoms with Crippen molar-refractivity contribution in [1.29, 1.82) is 0 Å². The van der Waals surface area contributed by atoms with Crippen LogP contribution in [0.15, 0.2) is 4.99 Å². The Morgan fingerprint density at radius 1 is 1.21 bits per heavy atom. The molecule has 24 heavy (non-hydrogen) atoms. The van der Waals surface area contributed by atoms with E-state index in [-0.39, 0.29) is 24.0 Å². The van der Waals surface area contributed by atoms with E-state index in [0.717, 1.165) is 45.4 Å². The molecule has 0 amide bonds. The van der Waals surface area contributed by atoms with Gasteiger partial charge in [0.25, 0.3) is 0 Å². The van der Waals surface area contributed by atoms with E-state index in [4.69, 9.17) is 4.74 Å². The van der Waals surface area contributed by atoms with E-state index in [2.05, 4.69) is 40.6 Å². The number of hydrogen-bond acceptors (Lipinski definition) is 4. The van der Waals surface area contributed by atoms with Gasteiger partial charge in [0.15, 0.2) is 5.96 Å². The number of rotatable bonds is 10. The third-order valence-electron chi connectivity index (χ3n) is 4.10. The first-order valence-electron chi connectivity index (χ1n) is 8.92. The number of nitrogens with one attached hydrogen (secondary N) is 2. The number of guanidine groups is 1. The van der Waals surface area contributed by atoms with Crippen LogP contribution >= 0.6 is 35.7 Å². The summed E-state index contributed by atoms with van der Waals surface area (Å²) in [7, 11) is 1.85. The minimum atomic E-state index is 0. The van der Waals surface area contributed by atoms with Gasteiger partial charge in [-0.3, -0.25) is 9.89 Å². The van der Waals surface area contributed by atoms with Gasteiger partial charge < -0.3 is 15.4 Å². The van der Waals surface area contributed by atoms with E-state index in [1.165, 1.54) is 25.0 Å². The average molecular weight is 472 g/mol. The summed E-state index contributed by atoms with van der Waals surface area (Å²) in [6.45, 7) is 10.3. The standard InChI is InChI=1S/C17H36N4OS.HI/c1-15(2)13-16(21-8-10-22-11-9-21)14-20-17(18-3)19-7-5-6-12-23-4;/h15-16H,5-14H2,1-4H3,(H2,18,19,20);1H. The zero-order valence-electron chi connectivity index (χ0n) is 15.8. The van der Waals surface area contributed by atoms with Crippen molar-refractivity contribution in [3.8, 4) is 0 Å². The quantitative estimate of drug-likeness (QED) is 0.222. The molecule has 0 aromatic heterocycles. The fraction of sp³-hybridized carbons (Fsp3) is 0.941. The fourth-order valence-electron chi connectivity index (χ4n) is 2.86. The highest BCUT2D eigenvalue weighted by molar-refractivity contribution is 14.0. The van der Waals surface area contributed by atoms with Gasteiger partial charge in [-0.25, -0.2) is 0 Å². The van der Waals surface area contributed by atoms with Crippen molar-refractivity contribution in [3.63, 3.8) is 0 Å². The SMILES string of the molecule is CN=C(NCCCCSC)NCC(CC(C)C)N1CCOCC1.I. The van der Waals surface area contributed by atoms with E-state index in [0.29, 0.717) is 12.0 Å². The Hall–Kier alpha value is 0.270. The Bertz CT molecular complexity index is 326. The Labute approximate surface area is 170 Å². The molecule has 1 aliphatic heterocycles. The first-order chi connectivity index (χ1) is 11.2. The molecule has 1 fully saturated rings. The number of nitrogens with zero attached hydrogens (tertiary/aromatic N) is 2. The predicted octanol–water partition coefficient (Wildman–Crippen LogP) is 2.66. The molecule has 0 spiro atoms. The van der Waals surface area contributed by atoms with Gasteiger partial charge in [0, 0.05) is 39.3 Å². The second-order valence-electron chi connectivity index (χ2n) is 6.51. The summed E-state index contributed by atoms with van der Waals surface area (Å²) >= 11 is 1.91. The molecular weight excluding hydrogens is 435 g/mol. The van der Waals surface area contributed by atoms with Crippen molar-refractivity contribution in [3.05, 3.63) is 0 Å². The summed E-state index contributed by atoms with van der Waals surface area (Å²) in [5.41, 5.74) is 0. The van der Waals surface area contributed by atoms with Crippen LogP contribution in [0.5, 0.6) is 0 Å². The van der Waals surface area contributed by atoms with E-state index in [1.54, 1.807) is 0 Å². The van der Waals surface area contributed by atoms with Crippen molar-refractivity contribution in [1.82, 2.24) is 15.5 Å². The van der Waals surface area contributed by atoms with Crippen molar-refractivity contribution in [2.45, 2.75) is 39.2 Å². The molecule has 1 unspecified atom stereocenters. The van der Waals surface area contributed by atoms with E-state index >= 15 is 0 Å². The summed E-state index contributed by atoms with van der Waals surface area (Å²) in [6.07, 6.45) is 5.82. The molecule has 0 aromatic carbocycles. The molecule has 1 rings (SSSR count). The van der Waals surface area contributed by atoms with Gasteiger partial charge in [-0.05, 0) is 37.2 Å². The van der Waals surface area contributed by atoms with Crippen LogP contribution in [0.1, 0.15) is 33.1 Å². The van der Waals surface area contributed by atoms with Gasteiger partial charge >= 0.3 is 0 Å². The van der Waals surface area contributed by atoms with Crippen molar-refractivity contribution < 1.29 is 4.74 Å². The lowest BCUT2D eigenvalue weighted by Gasteiger charge is -2.35. The number of ether oxygens (including phenoxy) is 1. The second-order valence-corrected chi connectivity index (χ2v) is 7.50. The number of aliphatic imine (C=N–C) groups is 1. The molecule has 5 nitrogen and oxygen atoms in total. The lowest BCUT2D eigenvalue weighted by atomic mass is 10.0. The normalized spacial score (nSPS) is 17.5. The monoisotopic (exact) mass is 472 g/mol. The Kier molecular flexibility index (Phi) is 15.7. The predicted molar refractivity (Wildman–Crippen MR) is 118 cm³/mol. The average Bonchev–Trinajstić information content (AvgIpc) is 2.56. The van der Waals surface area contributed by atoms with Crippen LogP contribution in [-0.4, -0.2) is 75.4 Å². The van der Waals surface area contributed by atoms with Crippen LogP contribution in [0.4, 0.5) is 0 Å². The highest BCUT2D eigenvalue weighted by Crippen LogP contribution is 2.12. The maximum absolute atomic E-state index is 5.49. The molecule has 144 valence electrons. The summed E-state index contributed by atoms with van der Waals surface area (Å²) in [5, 5.41) is 6.94. The van der Waals surface area contributed by atoms with Gasteiger partial charge in [0.2, 0.25) is 0 Å². The molecule has 0 radical (unpaired) electrons. The van der Waals surface area contributed by atoms with Crippen LogP contribution in [0.25, 0.3) is 0 Å². The summed E-state index contributed by atoms with van der Waals surface area (Å²) < 4.78 is 5.49. The number of unbranched alkanes of at least 4 members (excludes halogenated alkanes) is 1. The van der Waals surface area contributed by atoms with Gasteiger partial charge in [0.05, 0.1) is 13.2 Å². The molecule has 0 aliphatic carbocycles. The third-order valence-corrected chi connectivity index (χ3v) is 4.80. The molecule has 0 bridgehead atoms. The first-order valence-corrected chi connectivity index (χ1v) is 10.3. The Morgan fingerprint density at radius 3 is 2.50 bits per heavy atom. The Balaban J connectivity index is 0.00000529. The van der Waals surface area contributed by atoms with Crippen molar-refractivity contribution >= 4 is 41.7 Å². The first kappa shape index (κ1) is 24.3. The molecular formula is C17H37IN4OS. The largest absolute Gasteiger partial charge is 0.379 e. The molecule has 7 heteroatoms. The molecule has 1 aliphatic rings. The van der Waals surface area contributed by atoms with Crippen molar-refractivity contribution in [2.24, 2.45) is 10.9 Å². The van der Waals surface area contributed by atoms with Gasteiger partial charge in [0.1, 0.15) is 0 Å². The number of halogens is 1. The second kappa shape index (κ2) is 15.5. The van der Waals surface area contributed by atoms with Gasteiger partial charge in [-0.15, -0.1) is 24.0 Å². The van der Waals surface area contributed by atoms with E-state index in [1.807, 2.05) is 18.8 Å². The summed E-state index contributed by atoms with van der Waals surface area (Å²) in [6, 6.07) is 0.550. The van der Waals surface area contributed by atoms with Crippen molar-refractivity contribution in [2.75, 3.05) is 58.4 Å². The van der Waals surface area contributed by atoms with Crippen LogP contribution in [0, 0.1) is 5.92 Å². The summed E-state index contributed by atoms with van der Waals surface area (Å²) in [5.74, 6) is 2.86. The number of thioether (sulfide) groups is 1. The van der Waals surface area contributed by atoms with Gasteiger partial charge in [-0.1, -0.05) is 13.8 Å².